The molecule has 0 fully saturated rings. The third kappa shape index (κ3) is 5.26. The third-order valence-electron chi connectivity index (χ3n) is 2.88. The topological polar surface area (TPSA) is 59.6 Å². The van der Waals surface area contributed by atoms with Crippen molar-refractivity contribution >= 4 is 29.9 Å². The molecule has 3 N–H and O–H groups in total. The fourth-order valence-electron chi connectivity index (χ4n) is 1.87. The van der Waals surface area contributed by atoms with Crippen LogP contribution in [0.25, 0.3) is 11.1 Å². The Hall–Kier alpha value is -1.76. The Balaban J connectivity index is 0.00000220. The van der Waals surface area contributed by atoms with Crippen LogP contribution in [0, 0.1) is 0 Å². The summed E-state index contributed by atoms with van der Waals surface area (Å²) in [4.78, 5) is 3.83. The number of benzene rings is 2. The lowest BCUT2D eigenvalue weighted by Gasteiger charge is -2.12. The highest BCUT2D eigenvalue weighted by Gasteiger charge is 2.04. The maximum absolute atomic E-state index is 5.81. The van der Waals surface area contributed by atoms with Gasteiger partial charge in [-0.1, -0.05) is 48.5 Å². The minimum absolute atomic E-state index is 0. The van der Waals surface area contributed by atoms with E-state index in [9.17, 15) is 0 Å². The molecule has 0 radical (unpaired) electrons. The minimum atomic E-state index is 0. The second kappa shape index (κ2) is 9.23. The van der Waals surface area contributed by atoms with Crippen molar-refractivity contribution in [1.29, 1.82) is 0 Å². The molecule has 4 nitrogen and oxygen atoms in total. The fraction of sp³-hybridized carbons (Fsp3) is 0.188. The van der Waals surface area contributed by atoms with Crippen molar-refractivity contribution in [3.63, 3.8) is 0 Å². The zero-order valence-electron chi connectivity index (χ0n) is 12.0. The molecule has 0 saturated carbocycles. The third-order valence-corrected chi connectivity index (χ3v) is 2.88. The molecular formula is C16H20IN3O. The second-order valence-corrected chi connectivity index (χ2v) is 4.25. The van der Waals surface area contributed by atoms with Crippen LogP contribution in [0.3, 0.4) is 0 Å². The Bertz CT molecular complexity index is 573. The van der Waals surface area contributed by atoms with Gasteiger partial charge in [0.1, 0.15) is 12.4 Å². The molecular weight excluding hydrogens is 377 g/mol. The van der Waals surface area contributed by atoms with Gasteiger partial charge in [0.05, 0.1) is 6.54 Å². The van der Waals surface area contributed by atoms with E-state index in [0.717, 1.165) is 16.9 Å². The van der Waals surface area contributed by atoms with E-state index in [2.05, 4.69) is 28.5 Å². The average Bonchev–Trinajstić information content (AvgIpc) is 2.52. The van der Waals surface area contributed by atoms with E-state index >= 15 is 0 Å². The summed E-state index contributed by atoms with van der Waals surface area (Å²) in [5, 5.41) is 2.96. The largest absolute Gasteiger partial charge is 0.491 e. The molecule has 112 valence electrons. The van der Waals surface area contributed by atoms with Crippen molar-refractivity contribution in [3.8, 4) is 16.9 Å². The van der Waals surface area contributed by atoms with E-state index in [1.165, 1.54) is 0 Å². The SMILES string of the molecule is CN=C(N)NCCOc1ccccc1-c1ccccc1.I. The molecule has 0 aliphatic heterocycles. The van der Waals surface area contributed by atoms with Crippen LogP contribution in [0.5, 0.6) is 5.75 Å². The highest BCUT2D eigenvalue weighted by atomic mass is 127. The summed E-state index contributed by atoms with van der Waals surface area (Å²) in [6.07, 6.45) is 0. The molecule has 2 rings (SSSR count). The van der Waals surface area contributed by atoms with Gasteiger partial charge in [0.15, 0.2) is 5.96 Å². The Morgan fingerprint density at radius 1 is 1.10 bits per heavy atom. The van der Waals surface area contributed by atoms with Crippen LogP contribution >= 0.6 is 24.0 Å². The van der Waals surface area contributed by atoms with Crippen LogP contribution in [0.2, 0.25) is 0 Å². The predicted molar refractivity (Wildman–Crippen MR) is 98.3 cm³/mol. The van der Waals surface area contributed by atoms with Crippen molar-refractivity contribution in [2.24, 2.45) is 10.7 Å². The van der Waals surface area contributed by atoms with E-state index in [-0.39, 0.29) is 24.0 Å². The standard InChI is InChI=1S/C16H19N3O.HI/c1-18-16(17)19-11-12-20-15-10-6-5-9-14(15)13-7-3-2-4-8-13;/h2-10H,11-12H2,1H3,(H3,17,18,19);1H. The van der Waals surface area contributed by atoms with E-state index in [1.807, 2.05) is 36.4 Å². The Morgan fingerprint density at radius 2 is 1.76 bits per heavy atom. The number of ether oxygens (including phenoxy) is 1. The number of halogens is 1. The van der Waals surface area contributed by atoms with Gasteiger partial charge in [-0.05, 0) is 11.6 Å². The Morgan fingerprint density at radius 3 is 2.48 bits per heavy atom. The number of guanidine groups is 1. The molecule has 0 spiro atoms. The fourth-order valence-corrected chi connectivity index (χ4v) is 1.87. The van der Waals surface area contributed by atoms with Crippen LogP contribution in [-0.4, -0.2) is 26.2 Å². The number of hydrogen-bond donors (Lipinski definition) is 2. The lowest BCUT2D eigenvalue weighted by Crippen LogP contribution is -2.34. The zero-order chi connectivity index (χ0) is 14.2. The summed E-state index contributed by atoms with van der Waals surface area (Å²) in [5.41, 5.74) is 7.79. The van der Waals surface area contributed by atoms with Crippen LogP contribution in [0.1, 0.15) is 0 Å². The summed E-state index contributed by atoms with van der Waals surface area (Å²) < 4.78 is 5.81. The van der Waals surface area contributed by atoms with E-state index < -0.39 is 0 Å². The molecule has 0 atom stereocenters. The second-order valence-electron chi connectivity index (χ2n) is 4.25. The first-order valence-electron chi connectivity index (χ1n) is 6.54. The molecule has 0 bridgehead atoms. The molecule has 0 aliphatic rings. The zero-order valence-corrected chi connectivity index (χ0v) is 14.3. The molecule has 0 unspecified atom stereocenters. The van der Waals surface area contributed by atoms with Gasteiger partial charge in [-0.3, -0.25) is 4.99 Å². The van der Waals surface area contributed by atoms with E-state index in [4.69, 9.17) is 10.5 Å². The lowest BCUT2D eigenvalue weighted by molar-refractivity contribution is 0.323. The summed E-state index contributed by atoms with van der Waals surface area (Å²) in [7, 11) is 1.65. The lowest BCUT2D eigenvalue weighted by atomic mass is 10.1. The summed E-state index contributed by atoms with van der Waals surface area (Å²) in [6, 6.07) is 18.2. The van der Waals surface area contributed by atoms with Crippen LogP contribution in [-0.2, 0) is 0 Å². The van der Waals surface area contributed by atoms with Crippen molar-refractivity contribution < 1.29 is 4.74 Å². The van der Waals surface area contributed by atoms with Gasteiger partial charge in [0.2, 0.25) is 0 Å². The van der Waals surface area contributed by atoms with Crippen molar-refractivity contribution in [3.05, 3.63) is 54.6 Å². The molecule has 5 heteroatoms. The first-order valence-corrected chi connectivity index (χ1v) is 6.54. The van der Waals surface area contributed by atoms with Gasteiger partial charge in [-0.25, -0.2) is 0 Å². The van der Waals surface area contributed by atoms with Crippen LogP contribution in [0.4, 0.5) is 0 Å². The van der Waals surface area contributed by atoms with Gasteiger partial charge >= 0.3 is 0 Å². The Labute approximate surface area is 142 Å². The highest BCUT2D eigenvalue weighted by Crippen LogP contribution is 2.29. The smallest absolute Gasteiger partial charge is 0.188 e. The number of para-hydroxylation sites is 1. The number of aliphatic imine (C=N–C) groups is 1. The average molecular weight is 397 g/mol. The molecule has 0 aromatic heterocycles. The van der Waals surface area contributed by atoms with Crippen LogP contribution < -0.4 is 15.8 Å². The minimum Gasteiger partial charge on any atom is -0.491 e. The van der Waals surface area contributed by atoms with Gasteiger partial charge in [0, 0.05) is 12.6 Å². The number of nitrogens with zero attached hydrogens (tertiary/aromatic N) is 1. The molecule has 0 amide bonds. The van der Waals surface area contributed by atoms with Gasteiger partial charge in [-0.15, -0.1) is 24.0 Å². The molecule has 2 aromatic rings. The monoisotopic (exact) mass is 397 g/mol. The van der Waals surface area contributed by atoms with Crippen LogP contribution in [0.15, 0.2) is 59.6 Å². The summed E-state index contributed by atoms with van der Waals surface area (Å²) in [6.45, 7) is 1.15. The number of nitrogens with one attached hydrogen (secondary N) is 1. The molecule has 2 aromatic carbocycles. The number of hydrogen-bond acceptors (Lipinski definition) is 2. The maximum atomic E-state index is 5.81. The maximum Gasteiger partial charge on any atom is 0.188 e. The first kappa shape index (κ1) is 17.3. The van der Waals surface area contributed by atoms with Crippen molar-refractivity contribution in [2.75, 3.05) is 20.2 Å². The molecule has 0 aliphatic carbocycles. The number of rotatable bonds is 5. The number of nitrogens with two attached hydrogens (primary N) is 1. The van der Waals surface area contributed by atoms with Gasteiger partial charge < -0.3 is 15.8 Å². The van der Waals surface area contributed by atoms with E-state index in [0.29, 0.717) is 19.1 Å². The van der Waals surface area contributed by atoms with Gasteiger partial charge in [-0.2, -0.15) is 0 Å². The summed E-state index contributed by atoms with van der Waals surface area (Å²) in [5.74, 6) is 1.29. The predicted octanol–water partition coefficient (Wildman–Crippen LogP) is 2.88. The van der Waals surface area contributed by atoms with Crippen molar-refractivity contribution in [1.82, 2.24) is 5.32 Å². The highest BCUT2D eigenvalue weighted by molar-refractivity contribution is 14.0. The van der Waals surface area contributed by atoms with Gasteiger partial charge in [0.25, 0.3) is 0 Å². The first-order chi connectivity index (χ1) is 9.81. The molecule has 0 saturated heterocycles. The van der Waals surface area contributed by atoms with E-state index in [1.54, 1.807) is 7.05 Å². The Kier molecular flexibility index (Phi) is 7.60. The quantitative estimate of drug-likeness (QED) is 0.353. The van der Waals surface area contributed by atoms with Crippen molar-refractivity contribution in [2.45, 2.75) is 0 Å². The summed E-state index contributed by atoms with van der Waals surface area (Å²) >= 11 is 0. The molecule has 21 heavy (non-hydrogen) atoms. The molecule has 0 heterocycles. The normalized spacial score (nSPS) is 10.6.